The minimum Gasteiger partial charge on any atom is -0.497 e. The fraction of sp³-hybridized carbons (Fsp3) is 0.409. The zero-order chi connectivity index (χ0) is 22.5. The number of benzene rings is 1. The van der Waals surface area contributed by atoms with Crippen LogP contribution in [0, 0.1) is 0 Å². The van der Waals surface area contributed by atoms with Crippen LogP contribution in [0.4, 0.5) is 0 Å². The van der Waals surface area contributed by atoms with Crippen LogP contribution >= 0.6 is 35.0 Å². The van der Waals surface area contributed by atoms with Gasteiger partial charge in [0.25, 0.3) is 0 Å². The lowest BCUT2D eigenvalue weighted by atomic mass is 10.0. The predicted molar refractivity (Wildman–Crippen MR) is 128 cm³/mol. The van der Waals surface area contributed by atoms with E-state index >= 15 is 0 Å². The Morgan fingerprint density at radius 3 is 2.66 bits per heavy atom. The number of amides is 1. The molecule has 0 radical (unpaired) electrons. The van der Waals surface area contributed by atoms with Gasteiger partial charge in [0, 0.05) is 12.7 Å². The van der Waals surface area contributed by atoms with Gasteiger partial charge in [-0.3, -0.25) is 14.1 Å². The molecule has 32 heavy (non-hydrogen) atoms. The number of fused-ring (bicyclic) bond motifs is 1. The summed E-state index contributed by atoms with van der Waals surface area (Å²) in [6.45, 7) is 2.62. The third-order valence-electron chi connectivity index (χ3n) is 5.55. The summed E-state index contributed by atoms with van der Waals surface area (Å²) in [7, 11) is 1.66. The minimum absolute atomic E-state index is 0.0598. The van der Waals surface area contributed by atoms with Crippen LogP contribution in [-0.2, 0) is 4.79 Å². The summed E-state index contributed by atoms with van der Waals surface area (Å²) in [5, 5.41) is 12.8. The molecular weight excluding hydrogens is 469 g/mol. The van der Waals surface area contributed by atoms with Gasteiger partial charge in [0.05, 0.1) is 28.9 Å². The van der Waals surface area contributed by atoms with Crippen LogP contribution < -0.4 is 10.1 Å². The number of nitrogens with zero attached hydrogens (tertiary/aromatic N) is 4. The summed E-state index contributed by atoms with van der Waals surface area (Å²) < 4.78 is 6.99. The fourth-order valence-corrected chi connectivity index (χ4v) is 5.15. The molecule has 1 fully saturated rings. The first-order valence-corrected chi connectivity index (χ1v) is 12.3. The second-order valence-corrected chi connectivity index (χ2v) is 9.45. The first kappa shape index (κ1) is 23.2. The lowest BCUT2D eigenvalue weighted by Crippen LogP contribution is -2.41. The van der Waals surface area contributed by atoms with Crippen LogP contribution in [0.5, 0.6) is 5.75 Å². The zero-order valence-electron chi connectivity index (χ0n) is 17.8. The normalized spacial score (nSPS) is 15.6. The van der Waals surface area contributed by atoms with E-state index in [1.807, 2.05) is 12.1 Å². The molecule has 7 nitrogen and oxygen atoms in total. The molecule has 3 aromatic rings. The summed E-state index contributed by atoms with van der Waals surface area (Å²) in [6.07, 6.45) is 5.32. The van der Waals surface area contributed by atoms with Gasteiger partial charge in [-0.05, 0) is 49.7 Å². The van der Waals surface area contributed by atoms with E-state index in [4.69, 9.17) is 27.9 Å². The molecule has 1 N–H and O–H groups in total. The first-order valence-electron chi connectivity index (χ1n) is 10.5. The van der Waals surface area contributed by atoms with Gasteiger partial charge in [0.1, 0.15) is 5.75 Å². The quantitative estimate of drug-likeness (QED) is 0.466. The number of hydrogen-bond acceptors (Lipinski definition) is 6. The lowest BCUT2D eigenvalue weighted by Gasteiger charge is -2.35. The number of nitrogens with one attached hydrogen (secondary N) is 1. The molecule has 1 saturated heterocycles. The summed E-state index contributed by atoms with van der Waals surface area (Å²) in [5.41, 5.74) is 1.69. The minimum atomic E-state index is -0.0598. The average molecular weight is 494 g/mol. The van der Waals surface area contributed by atoms with Gasteiger partial charge in [-0.15, -0.1) is 10.2 Å². The third-order valence-corrected chi connectivity index (χ3v) is 6.98. The Balaban J connectivity index is 1.39. The molecule has 1 atom stereocenters. The maximum Gasteiger partial charge on any atom is 0.230 e. The van der Waals surface area contributed by atoms with E-state index in [2.05, 4.69) is 32.5 Å². The van der Waals surface area contributed by atoms with E-state index in [0.717, 1.165) is 18.8 Å². The van der Waals surface area contributed by atoms with Gasteiger partial charge < -0.3 is 10.1 Å². The van der Waals surface area contributed by atoms with Crippen LogP contribution in [0.25, 0.3) is 5.65 Å². The van der Waals surface area contributed by atoms with Crippen molar-refractivity contribution >= 4 is 46.5 Å². The monoisotopic (exact) mass is 493 g/mol. The topological polar surface area (TPSA) is 71.8 Å². The second-order valence-electron chi connectivity index (χ2n) is 7.66. The van der Waals surface area contributed by atoms with Crippen molar-refractivity contribution in [1.82, 2.24) is 24.8 Å². The highest BCUT2D eigenvalue weighted by Gasteiger charge is 2.23. The molecule has 170 valence electrons. The molecule has 1 amide bonds. The maximum absolute atomic E-state index is 12.6. The van der Waals surface area contributed by atoms with Gasteiger partial charge in [-0.2, -0.15) is 0 Å². The van der Waals surface area contributed by atoms with Crippen LogP contribution in [0.2, 0.25) is 10.0 Å². The van der Waals surface area contributed by atoms with E-state index in [0.29, 0.717) is 27.4 Å². The number of rotatable bonds is 8. The lowest BCUT2D eigenvalue weighted by molar-refractivity contribution is -0.118. The number of piperidine rings is 1. The largest absolute Gasteiger partial charge is 0.497 e. The number of carbonyl (C=O) groups excluding carboxylic acids is 1. The number of hydrogen-bond donors (Lipinski definition) is 1. The molecule has 10 heteroatoms. The Hall–Kier alpha value is -2.00. The van der Waals surface area contributed by atoms with Crippen molar-refractivity contribution in [1.29, 1.82) is 0 Å². The molecule has 3 heterocycles. The SMILES string of the molecule is COc1ccc(C(CNC(=O)CSc2nnc3c(Cl)cc(Cl)cn23)N2CCCCC2)cc1. The Morgan fingerprint density at radius 1 is 1.19 bits per heavy atom. The molecule has 0 saturated carbocycles. The summed E-state index contributed by atoms with van der Waals surface area (Å²) >= 11 is 13.6. The number of ether oxygens (including phenoxy) is 1. The number of halogens is 2. The average Bonchev–Trinajstić information content (AvgIpc) is 3.22. The molecule has 1 aromatic carbocycles. The van der Waals surface area contributed by atoms with Crippen molar-refractivity contribution in [2.75, 3.05) is 32.5 Å². The van der Waals surface area contributed by atoms with Crippen LogP contribution in [-0.4, -0.2) is 57.9 Å². The number of likely N-dealkylation sites (tertiary alicyclic amines) is 1. The molecule has 1 unspecified atom stereocenters. The van der Waals surface area contributed by atoms with Crippen molar-refractivity contribution in [3.05, 3.63) is 52.1 Å². The Kier molecular flexibility index (Phi) is 7.78. The van der Waals surface area contributed by atoms with Crippen LogP contribution in [0.1, 0.15) is 30.9 Å². The maximum atomic E-state index is 12.6. The molecule has 0 spiro atoms. The summed E-state index contributed by atoms with van der Waals surface area (Å²) in [4.78, 5) is 15.1. The van der Waals surface area contributed by atoms with Crippen molar-refractivity contribution in [2.45, 2.75) is 30.5 Å². The highest BCUT2D eigenvalue weighted by Crippen LogP contribution is 2.27. The Bertz CT molecular complexity index is 1070. The summed E-state index contributed by atoms with van der Waals surface area (Å²) in [6, 6.07) is 9.84. The molecule has 1 aliphatic heterocycles. The van der Waals surface area contributed by atoms with Crippen molar-refractivity contribution < 1.29 is 9.53 Å². The fourth-order valence-electron chi connectivity index (χ4n) is 3.91. The number of carbonyl (C=O) groups is 1. The molecule has 1 aliphatic rings. The van der Waals surface area contributed by atoms with E-state index in [9.17, 15) is 4.79 Å². The van der Waals surface area contributed by atoms with Gasteiger partial charge in [-0.1, -0.05) is 53.5 Å². The van der Waals surface area contributed by atoms with Gasteiger partial charge >= 0.3 is 0 Å². The first-order chi connectivity index (χ1) is 15.5. The number of aromatic nitrogens is 3. The molecule has 4 rings (SSSR count). The van der Waals surface area contributed by atoms with Crippen LogP contribution in [0.3, 0.4) is 0 Å². The van der Waals surface area contributed by atoms with Crippen molar-refractivity contribution in [3.8, 4) is 5.75 Å². The highest BCUT2D eigenvalue weighted by atomic mass is 35.5. The number of thioether (sulfide) groups is 1. The third kappa shape index (κ3) is 5.49. The van der Waals surface area contributed by atoms with Crippen LogP contribution in [0.15, 0.2) is 41.7 Å². The summed E-state index contributed by atoms with van der Waals surface area (Å²) in [5.74, 6) is 0.989. The predicted octanol–water partition coefficient (Wildman–Crippen LogP) is 4.48. The second kappa shape index (κ2) is 10.7. The Morgan fingerprint density at radius 2 is 1.94 bits per heavy atom. The highest BCUT2D eigenvalue weighted by molar-refractivity contribution is 7.99. The standard InChI is InChI=1S/C22H25Cl2N5O2S/c1-31-17-7-5-15(6-8-17)19(28-9-3-2-4-10-28)12-25-20(30)14-32-22-27-26-21-18(24)11-16(23)13-29(21)22/h5-8,11,13,19H,2-4,9-10,12,14H2,1H3,(H,25,30). The van der Waals surface area contributed by atoms with Gasteiger partial charge in [0.2, 0.25) is 5.91 Å². The molecule has 2 aromatic heterocycles. The molecule has 0 bridgehead atoms. The molecule has 0 aliphatic carbocycles. The smallest absolute Gasteiger partial charge is 0.230 e. The zero-order valence-corrected chi connectivity index (χ0v) is 20.1. The number of pyridine rings is 1. The van der Waals surface area contributed by atoms with Crippen molar-refractivity contribution in [2.24, 2.45) is 0 Å². The van der Waals surface area contributed by atoms with E-state index in [1.165, 1.54) is 36.6 Å². The van der Waals surface area contributed by atoms with E-state index < -0.39 is 0 Å². The Labute approximate surface area is 201 Å². The van der Waals surface area contributed by atoms with E-state index in [1.54, 1.807) is 23.8 Å². The number of methoxy groups -OCH3 is 1. The molecular formula is C22H25Cl2N5O2S. The van der Waals surface area contributed by atoms with E-state index in [-0.39, 0.29) is 17.7 Å². The van der Waals surface area contributed by atoms with Gasteiger partial charge in [0.15, 0.2) is 10.8 Å². The van der Waals surface area contributed by atoms with Gasteiger partial charge in [-0.25, -0.2) is 0 Å². The van der Waals surface area contributed by atoms with Crippen molar-refractivity contribution in [3.63, 3.8) is 0 Å².